The first kappa shape index (κ1) is 14.5. The molecular weight excluding hydrogens is 254 g/mol. The van der Waals surface area contributed by atoms with Crippen LogP contribution in [0.4, 0.5) is 10.5 Å². The summed E-state index contributed by atoms with van der Waals surface area (Å²) in [6, 6.07) is -1.01. The molecule has 5 N–H and O–H groups in total. The molecule has 1 heterocycles. The summed E-state index contributed by atoms with van der Waals surface area (Å²) in [6.07, 6.45) is 0. The van der Waals surface area contributed by atoms with E-state index in [4.69, 9.17) is 11.5 Å². The zero-order valence-electron chi connectivity index (χ0n) is 10.6. The number of urea groups is 1. The lowest BCUT2D eigenvalue weighted by atomic mass is 10.3. The van der Waals surface area contributed by atoms with Crippen molar-refractivity contribution in [3.05, 3.63) is 11.4 Å². The van der Waals surface area contributed by atoms with Gasteiger partial charge < -0.3 is 16.2 Å². The molecule has 0 bridgehead atoms. The van der Waals surface area contributed by atoms with E-state index >= 15 is 0 Å². The average Bonchev–Trinajstić information content (AvgIpc) is 2.54. The van der Waals surface area contributed by atoms with Crippen LogP contribution in [0.1, 0.15) is 11.4 Å². The van der Waals surface area contributed by atoms with E-state index in [1.807, 2.05) is 0 Å². The molecule has 0 radical (unpaired) electrons. The lowest BCUT2D eigenvalue weighted by Crippen LogP contribution is -2.38. The number of nitrogens with zero attached hydrogens (tertiary/aromatic N) is 2. The van der Waals surface area contributed by atoms with Crippen molar-refractivity contribution in [2.24, 2.45) is 5.73 Å². The third-order valence-electron chi connectivity index (χ3n) is 2.34. The molecule has 0 spiro atoms. The number of aromatic nitrogens is 2. The normalized spacial score (nSPS) is 10.0. The van der Waals surface area contributed by atoms with E-state index in [9.17, 15) is 14.4 Å². The number of anilines is 1. The predicted octanol–water partition coefficient (Wildman–Crippen LogP) is -1.18. The van der Waals surface area contributed by atoms with Crippen LogP contribution in [-0.2, 0) is 20.9 Å². The second-order valence-electron chi connectivity index (χ2n) is 3.82. The molecule has 0 atom stereocenters. The number of ether oxygens (including phenoxy) is 1. The van der Waals surface area contributed by atoms with E-state index in [2.05, 4.69) is 9.84 Å². The van der Waals surface area contributed by atoms with Crippen molar-refractivity contribution in [3.63, 3.8) is 0 Å². The summed E-state index contributed by atoms with van der Waals surface area (Å²) < 4.78 is 6.03. The van der Waals surface area contributed by atoms with Gasteiger partial charge in [0.2, 0.25) is 0 Å². The number of amides is 3. The minimum absolute atomic E-state index is 0.173. The van der Waals surface area contributed by atoms with E-state index in [1.165, 1.54) is 4.68 Å². The number of nitrogens with two attached hydrogens (primary N) is 2. The van der Waals surface area contributed by atoms with Gasteiger partial charge in [0.25, 0.3) is 5.91 Å². The number of aryl methyl sites for hydroxylation is 1. The molecule has 3 amide bonds. The highest BCUT2D eigenvalue weighted by atomic mass is 16.5. The number of rotatable bonds is 4. The highest BCUT2D eigenvalue weighted by molar-refractivity contribution is 5.94. The Labute approximate surface area is 108 Å². The lowest BCUT2D eigenvalue weighted by molar-refractivity contribution is -0.149. The minimum Gasteiger partial charge on any atom is -0.454 e. The topological polar surface area (TPSA) is 142 Å². The van der Waals surface area contributed by atoms with Crippen molar-refractivity contribution in [1.29, 1.82) is 0 Å². The molecule has 1 aromatic heterocycles. The van der Waals surface area contributed by atoms with Crippen molar-refractivity contribution in [3.8, 4) is 0 Å². The minimum atomic E-state index is -1.01. The summed E-state index contributed by atoms with van der Waals surface area (Å²) >= 11 is 0. The smallest absolute Gasteiger partial charge is 0.328 e. The molecule has 0 aliphatic heterocycles. The van der Waals surface area contributed by atoms with E-state index in [-0.39, 0.29) is 6.54 Å². The molecule has 0 saturated carbocycles. The van der Waals surface area contributed by atoms with Crippen LogP contribution in [0, 0.1) is 13.8 Å². The Kier molecular flexibility index (Phi) is 4.46. The third-order valence-corrected chi connectivity index (χ3v) is 2.34. The Balaban J connectivity index is 2.49. The predicted molar refractivity (Wildman–Crippen MR) is 64.8 cm³/mol. The second-order valence-corrected chi connectivity index (χ2v) is 3.82. The molecule has 19 heavy (non-hydrogen) atoms. The van der Waals surface area contributed by atoms with Crippen LogP contribution in [0.2, 0.25) is 0 Å². The Morgan fingerprint density at radius 2 is 2.00 bits per heavy atom. The van der Waals surface area contributed by atoms with Crippen LogP contribution in [0.25, 0.3) is 0 Å². The number of nitrogens with one attached hydrogen (secondary N) is 1. The molecule has 0 aliphatic rings. The van der Waals surface area contributed by atoms with Crippen LogP contribution in [0.5, 0.6) is 0 Å². The Bertz CT molecular complexity index is 522. The zero-order valence-corrected chi connectivity index (χ0v) is 10.6. The molecule has 9 heteroatoms. The van der Waals surface area contributed by atoms with Gasteiger partial charge >= 0.3 is 12.0 Å². The van der Waals surface area contributed by atoms with E-state index in [0.717, 1.165) is 0 Å². The maximum absolute atomic E-state index is 11.5. The van der Waals surface area contributed by atoms with Gasteiger partial charge in [0, 0.05) is 0 Å². The molecule has 0 aliphatic carbocycles. The van der Waals surface area contributed by atoms with E-state index in [0.29, 0.717) is 17.1 Å². The van der Waals surface area contributed by atoms with Crippen molar-refractivity contribution < 1.29 is 19.1 Å². The maximum atomic E-state index is 11.5. The fourth-order valence-corrected chi connectivity index (χ4v) is 1.35. The van der Waals surface area contributed by atoms with Crippen LogP contribution in [0.15, 0.2) is 0 Å². The first-order valence-electron chi connectivity index (χ1n) is 5.35. The summed E-state index contributed by atoms with van der Waals surface area (Å²) in [5.74, 6) is -1.47. The van der Waals surface area contributed by atoms with Crippen molar-refractivity contribution in [1.82, 2.24) is 15.1 Å². The number of carbonyl (C=O) groups excluding carboxylic acids is 3. The van der Waals surface area contributed by atoms with E-state index in [1.54, 1.807) is 19.2 Å². The molecule has 1 aromatic rings. The van der Waals surface area contributed by atoms with Crippen LogP contribution in [0.3, 0.4) is 0 Å². The van der Waals surface area contributed by atoms with Gasteiger partial charge in [-0.15, -0.1) is 0 Å². The summed E-state index contributed by atoms with van der Waals surface area (Å²) in [6.45, 7) is 2.66. The number of imide groups is 1. The van der Waals surface area contributed by atoms with Crippen molar-refractivity contribution >= 4 is 23.6 Å². The highest BCUT2D eigenvalue weighted by Gasteiger charge is 2.13. The SMILES string of the molecule is Cc1nn(CC(=O)OCC(=O)NC(N)=O)c(C)c1N. The first-order chi connectivity index (χ1) is 8.81. The fraction of sp³-hybridized carbons (Fsp3) is 0.400. The van der Waals surface area contributed by atoms with Crippen LogP contribution < -0.4 is 16.8 Å². The van der Waals surface area contributed by atoms with Crippen molar-refractivity contribution in [2.75, 3.05) is 12.3 Å². The summed E-state index contributed by atoms with van der Waals surface area (Å²) in [7, 11) is 0. The van der Waals surface area contributed by atoms with Gasteiger partial charge in [-0.05, 0) is 13.8 Å². The van der Waals surface area contributed by atoms with Gasteiger partial charge in [-0.2, -0.15) is 5.10 Å². The van der Waals surface area contributed by atoms with E-state index < -0.39 is 24.5 Å². The number of hydrogen-bond acceptors (Lipinski definition) is 6. The number of hydrogen-bond donors (Lipinski definition) is 3. The number of primary amides is 1. The summed E-state index contributed by atoms with van der Waals surface area (Å²) in [4.78, 5) is 32.8. The molecule has 0 fully saturated rings. The Morgan fingerprint density at radius 1 is 1.37 bits per heavy atom. The molecule has 104 valence electrons. The molecule has 1 rings (SSSR count). The van der Waals surface area contributed by atoms with Gasteiger partial charge in [0.15, 0.2) is 6.61 Å². The van der Waals surface area contributed by atoms with Crippen LogP contribution in [-0.4, -0.2) is 34.3 Å². The highest BCUT2D eigenvalue weighted by Crippen LogP contribution is 2.14. The molecule has 0 saturated heterocycles. The van der Waals surface area contributed by atoms with Gasteiger partial charge in [-0.25, -0.2) is 4.79 Å². The molecule has 0 aromatic carbocycles. The second kappa shape index (κ2) is 5.85. The molecule has 0 unspecified atom stereocenters. The number of esters is 1. The summed E-state index contributed by atoms with van der Waals surface area (Å²) in [5.41, 5.74) is 12.2. The Hall–Kier alpha value is -2.58. The average molecular weight is 269 g/mol. The first-order valence-corrected chi connectivity index (χ1v) is 5.35. The monoisotopic (exact) mass is 269 g/mol. The van der Waals surface area contributed by atoms with Gasteiger partial charge in [-0.1, -0.05) is 0 Å². The van der Waals surface area contributed by atoms with Crippen molar-refractivity contribution in [2.45, 2.75) is 20.4 Å². The lowest BCUT2D eigenvalue weighted by Gasteiger charge is -2.05. The molecule has 9 nitrogen and oxygen atoms in total. The summed E-state index contributed by atoms with van der Waals surface area (Å²) in [5, 5.41) is 5.81. The standard InChI is InChI=1S/C10H15N5O4/c1-5-9(11)6(2)15(14-5)3-8(17)19-4-7(16)13-10(12)18/h3-4,11H2,1-2H3,(H3,12,13,16,18). The largest absolute Gasteiger partial charge is 0.454 e. The third kappa shape index (κ3) is 3.98. The van der Waals surface area contributed by atoms with Gasteiger partial charge in [0.1, 0.15) is 6.54 Å². The zero-order chi connectivity index (χ0) is 14.6. The molecular formula is C10H15N5O4. The number of carbonyl (C=O) groups is 3. The number of nitrogen functional groups attached to an aromatic ring is 1. The maximum Gasteiger partial charge on any atom is 0.328 e. The van der Waals surface area contributed by atoms with Crippen LogP contribution >= 0.6 is 0 Å². The Morgan fingerprint density at radius 3 is 2.47 bits per heavy atom. The van der Waals surface area contributed by atoms with Gasteiger partial charge in [-0.3, -0.25) is 19.6 Å². The van der Waals surface area contributed by atoms with Gasteiger partial charge in [0.05, 0.1) is 17.1 Å². The fourth-order valence-electron chi connectivity index (χ4n) is 1.35. The quantitative estimate of drug-likeness (QED) is 0.587.